The van der Waals surface area contributed by atoms with E-state index in [0.717, 1.165) is 33.6 Å². The van der Waals surface area contributed by atoms with Gasteiger partial charge in [-0.15, -0.1) is 11.3 Å². The van der Waals surface area contributed by atoms with Gasteiger partial charge < -0.3 is 9.47 Å². The normalized spacial score (nSPS) is 15.1. The quantitative estimate of drug-likeness (QED) is 0.186. The van der Waals surface area contributed by atoms with Crippen LogP contribution >= 0.6 is 11.3 Å². The molecule has 0 amide bonds. The Morgan fingerprint density at radius 2 is 1.33 bits per heavy atom. The molecule has 0 saturated carbocycles. The zero-order valence-corrected chi connectivity index (χ0v) is 27.5. The first kappa shape index (κ1) is 27.9. The molecule has 2 nitrogen and oxygen atoms in total. The zero-order chi connectivity index (χ0) is 32.5. The molecule has 7 aromatic carbocycles. The maximum atomic E-state index is 4.57. The van der Waals surface area contributed by atoms with Gasteiger partial charge in [0, 0.05) is 54.1 Å². The molecular formula is C46H30N2S. The van der Waals surface area contributed by atoms with Gasteiger partial charge in [0.25, 0.3) is 0 Å². The number of rotatable bonds is 3. The third-order valence-electron chi connectivity index (χ3n) is 9.87. The largest absolute Gasteiger partial charge is 0.317 e. The Kier molecular flexibility index (Phi) is 6.23. The first-order valence-electron chi connectivity index (χ1n) is 16.6. The molecule has 0 unspecified atom stereocenters. The maximum Gasteiger partial charge on any atom is 0.0555 e. The van der Waals surface area contributed by atoms with Crippen LogP contribution in [-0.2, 0) is 0 Å². The van der Waals surface area contributed by atoms with Crippen molar-refractivity contribution in [1.82, 2.24) is 4.57 Å². The van der Waals surface area contributed by atoms with Crippen molar-refractivity contribution in [3.05, 3.63) is 188 Å². The van der Waals surface area contributed by atoms with Crippen LogP contribution in [0.2, 0.25) is 0 Å². The lowest BCUT2D eigenvalue weighted by atomic mass is 9.95. The van der Waals surface area contributed by atoms with Gasteiger partial charge in [-0.25, -0.2) is 0 Å². The lowest BCUT2D eigenvalue weighted by Crippen LogP contribution is -2.11. The summed E-state index contributed by atoms with van der Waals surface area (Å²) in [5.41, 5.74) is 10.2. The van der Waals surface area contributed by atoms with Crippen molar-refractivity contribution >= 4 is 86.6 Å². The minimum Gasteiger partial charge on any atom is -0.317 e. The maximum absolute atomic E-state index is 4.57. The average Bonchev–Trinajstić information content (AvgIpc) is 3.69. The summed E-state index contributed by atoms with van der Waals surface area (Å²) < 4.78 is 5.09. The van der Waals surface area contributed by atoms with Crippen LogP contribution in [0.1, 0.15) is 11.1 Å². The second-order valence-electron chi connectivity index (χ2n) is 12.7. The van der Waals surface area contributed by atoms with Crippen molar-refractivity contribution in [3.8, 4) is 5.69 Å². The topological polar surface area (TPSA) is 8.17 Å². The molecule has 0 saturated heterocycles. The van der Waals surface area contributed by atoms with E-state index in [1.54, 1.807) is 0 Å². The van der Waals surface area contributed by atoms with E-state index in [9.17, 15) is 0 Å². The van der Waals surface area contributed by atoms with Gasteiger partial charge in [-0.05, 0) is 94.2 Å². The standard InChI is InChI=1S/C46H30N2S/c1-30-27-34(25-26-47(35-13-3-2-4-14-35)41-17-9-7-15-37(30)41)33-20-23-42-40(29-33)45-43(24-22-39-38-16-8-10-18-44(38)49-46(39)45)48(42)36-21-19-31-11-5-6-12-32(31)28-36/h2-29H,1H2/b26-25-,34-27+. The highest BCUT2D eigenvalue weighted by Crippen LogP contribution is 2.44. The summed E-state index contributed by atoms with van der Waals surface area (Å²) in [7, 11) is 0. The molecule has 0 radical (unpaired) electrons. The number of allylic oxidation sites excluding steroid dienone is 4. The first-order valence-corrected chi connectivity index (χ1v) is 17.4. The van der Waals surface area contributed by atoms with Gasteiger partial charge in [0.05, 0.1) is 16.7 Å². The van der Waals surface area contributed by atoms with Crippen LogP contribution in [0, 0.1) is 0 Å². The van der Waals surface area contributed by atoms with Crippen molar-refractivity contribution in [3.63, 3.8) is 0 Å². The molecule has 0 bridgehead atoms. The lowest BCUT2D eigenvalue weighted by Gasteiger charge is -2.26. The van der Waals surface area contributed by atoms with Crippen molar-refractivity contribution in [2.45, 2.75) is 0 Å². The van der Waals surface area contributed by atoms with E-state index in [2.05, 4.69) is 186 Å². The van der Waals surface area contributed by atoms with Crippen molar-refractivity contribution in [2.75, 3.05) is 4.90 Å². The highest BCUT2D eigenvalue weighted by molar-refractivity contribution is 7.26. The summed E-state index contributed by atoms with van der Waals surface area (Å²) in [5.74, 6) is 0. The second kappa shape index (κ2) is 10.9. The predicted molar refractivity (Wildman–Crippen MR) is 212 cm³/mol. The van der Waals surface area contributed by atoms with Gasteiger partial charge in [0.15, 0.2) is 0 Å². The summed E-state index contributed by atoms with van der Waals surface area (Å²) in [6.07, 6.45) is 6.66. The van der Waals surface area contributed by atoms with Crippen LogP contribution in [0.25, 0.3) is 69.6 Å². The Balaban J connectivity index is 1.23. The van der Waals surface area contributed by atoms with Crippen molar-refractivity contribution in [2.24, 2.45) is 0 Å². The van der Waals surface area contributed by atoms with Crippen LogP contribution in [0.15, 0.2) is 177 Å². The number of para-hydroxylation sites is 2. The van der Waals surface area contributed by atoms with Crippen LogP contribution in [0.3, 0.4) is 0 Å². The number of nitrogens with zero attached hydrogens (tertiary/aromatic N) is 2. The number of benzene rings is 7. The molecule has 3 heteroatoms. The molecule has 0 aliphatic carbocycles. The van der Waals surface area contributed by atoms with Crippen LogP contribution in [-0.4, -0.2) is 4.57 Å². The Morgan fingerprint density at radius 3 is 2.24 bits per heavy atom. The van der Waals surface area contributed by atoms with Crippen LogP contribution < -0.4 is 4.90 Å². The predicted octanol–water partition coefficient (Wildman–Crippen LogP) is 13.1. The van der Waals surface area contributed by atoms with Crippen molar-refractivity contribution < 1.29 is 0 Å². The van der Waals surface area contributed by atoms with Gasteiger partial charge in [-0.1, -0.05) is 104 Å². The number of thiophene rings is 1. The molecule has 1 aliphatic rings. The van der Waals surface area contributed by atoms with Crippen molar-refractivity contribution in [1.29, 1.82) is 0 Å². The van der Waals surface area contributed by atoms with E-state index in [-0.39, 0.29) is 0 Å². The molecule has 0 fully saturated rings. The van der Waals surface area contributed by atoms with E-state index in [1.807, 2.05) is 11.3 Å². The number of hydrogen-bond donors (Lipinski definition) is 0. The van der Waals surface area contributed by atoms with Gasteiger partial charge in [-0.2, -0.15) is 0 Å². The van der Waals surface area contributed by atoms with Gasteiger partial charge >= 0.3 is 0 Å². The number of hydrogen-bond acceptors (Lipinski definition) is 2. The Bertz CT molecular complexity index is 2850. The fourth-order valence-electron chi connectivity index (χ4n) is 7.56. The molecule has 0 atom stereocenters. The van der Waals surface area contributed by atoms with E-state index >= 15 is 0 Å². The molecule has 0 spiro atoms. The monoisotopic (exact) mass is 642 g/mol. The summed E-state index contributed by atoms with van der Waals surface area (Å²) in [4.78, 5) is 2.26. The second-order valence-corrected chi connectivity index (χ2v) is 13.7. The minimum absolute atomic E-state index is 0.987. The molecule has 2 aromatic heterocycles. The SMILES string of the molecule is C=C1/C=C(c2ccc3c(c2)c2c4sc5ccccc5c4ccc2n3-c2ccc3ccccc3c2)\C=C/N(c2ccccc2)c2ccccc21. The van der Waals surface area contributed by atoms with Gasteiger partial charge in [-0.3, -0.25) is 0 Å². The highest BCUT2D eigenvalue weighted by atomic mass is 32.1. The molecule has 10 rings (SSSR count). The van der Waals surface area contributed by atoms with E-state index in [4.69, 9.17) is 0 Å². The molecule has 230 valence electrons. The Hall–Kier alpha value is -6.16. The number of anilines is 2. The molecule has 0 N–H and O–H groups in total. The average molecular weight is 643 g/mol. The minimum atomic E-state index is 0.987. The highest BCUT2D eigenvalue weighted by Gasteiger charge is 2.20. The van der Waals surface area contributed by atoms with E-state index < -0.39 is 0 Å². The first-order chi connectivity index (χ1) is 24.2. The van der Waals surface area contributed by atoms with Crippen LogP contribution in [0.5, 0.6) is 0 Å². The lowest BCUT2D eigenvalue weighted by molar-refractivity contribution is 1.19. The van der Waals surface area contributed by atoms with E-state index in [0.29, 0.717) is 0 Å². The molecule has 49 heavy (non-hydrogen) atoms. The van der Waals surface area contributed by atoms with Crippen LogP contribution in [0.4, 0.5) is 11.4 Å². The Morgan fingerprint density at radius 1 is 0.551 bits per heavy atom. The molecule has 1 aliphatic heterocycles. The summed E-state index contributed by atoms with van der Waals surface area (Å²) in [6, 6.07) is 54.8. The summed E-state index contributed by atoms with van der Waals surface area (Å²) in [6.45, 7) is 4.57. The number of aromatic nitrogens is 1. The molecule has 9 aromatic rings. The fourth-order valence-corrected chi connectivity index (χ4v) is 8.82. The molecule has 3 heterocycles. The van der Waals surface area contributed by atoms with Gasteiger partial charge in [0.1, 0.15) is 0 Å². The smallest absolute Gasteiger partial charge is 0.0555 e. The Labute approximate surface area is 288 Å². The summed E-state index contributed by atoms with van der Waals surface area (Å²) >= 11 is 1.89. The summed E-state index contributed by atoms with van der Waals surface area (Å²) in [5, 5.41) is 7.66. The molecular weight excluding hydrogens is 613 g/mol. The zero-order valence-electron chi connectivity index (χ0n) is 26.7. The van der Waals surface area contributed by atoms with E-state index in [1.165, 1.54) is 58.4 Å². The number of fused-ring (bicyclic) bond motifs is 9. The third kappa shape index (κ3) is 4.40. The van der Waals surface area contributed by atoms with Gasteiger partial charge in [0.2, 0.25) is 0 Å². The third-order valence-corrected chi connectivity index (χ3v) is 11.1. The fraction of sp³-hybridized carbons (Fsp3) is 0.